The topological polar surface area (TPSA) is 106 Å². The third-order valence-corrected chi connectivity index (χ3v) is 4.77. The summed E-state index contributed by atoms with van der Waals surface area (Å²) in [6.45, 7) is -0.299. The van der Waals surface area contributed by atoms with Crippen LogP contribution in [0, 0.1) is 10.1 Å². The van der Waals surface area contributed by atoms with E-state index in [1.54, 1.807) is 17.0 Å². The lowest BCUT2D eigenvalue weighted by Gasteiger charge is -2.28. The van der Waals surface area contributed by atoms with Crippen molar-refractivity contribution < 1.29 is 19.2 Å². The number of ether oxygens (including phenoxy) is 1. The van der Waals surface area contributed by atoms with E-state index in [0.29, 0.717) is 12.2 Å². The number of carbonyl (C=O) groups excluding carboxylic acids is 2. The SMILES string of the molecule is O=C(CN1C(=O)COc2ccc([N+](=O)[O-])nc21)N(Cc1ccccc1)c1ccccc1. The van der Waals surface area contributed by atoms with E-state index < -0.39 is 16.6 Å². The molecule has 0 bridgehead atoms. The Morgan fingerprint density at radius 2 is 1.74 bits per heavy atom. The van der Waals surface area contributed by atoms with Crippen molar-refractivity contribution in [2.45, 2.75) is 6.54 Å². The van der Waals surface area contributed by atoms with Crippen LogP contribution in [0.2, 0.25) is 0 Å². The Labute approximate surface area is 177 Å². The van der Waals surface area contributed by atoms with Gasteiger partial charge in [-0.3, -0.25) is 14.5 Å². The zero-order valence-corrected chi connectivity index (χ0v) is 16.4. The Hall–Kier alpha value is -4.27. The molecule has 1 aliphatic heterocycles. The van der Waals surface area contributed by atoms with Crippen molar-refractivity contribution in [3.05, 3.63) is 88.5 Å². The molecule has 0 aliphatic carbocycles. The molecule has 31 heavy (non-hydrogen) atoms. The summed E-state index contributed by atoms with van der Waals surface area (Å²) >= 11 is 0. The zero-order chi connectivity index (χ0) is 21.8. The highest BCUT2D eigenvalue weighted by Gasteiger charge is 2.34. The first kappa shape index (κ1) is 20.0. The third-order valence-electron chi connectivity index (χ3n) is 4.77. The lowest BCUT2D eigenvalue weighted by Crippen LogP contribution is -2.47. The number of carbonyl (C=O) groups is 2. The van der Waals surface area contributed by atoms with Gasteiger partial charge in [-0.25, -0.2) is 0 Å². The molecule has 1 aliphatic rings. The van der Waals surface area contributed by atoms with Gasteiger partial charge in [0, 0.05) is 11.8 Å². The van der Waals surface area contributed by atoms with Gasteiger partial charge in [-0.05, 0) is 33.7 Å². The first-order valence-electron chi connectivity index (χ1n) is 9.51. The van der Waals surface area contributed by atoms with E-state index >= 15 is 0 Å². The number of nitrogens with zero attached hydrogens (tertiary/aromatic N) is 4. The van der Waals surface area contributed by atoms with E-state index in [2.05, 4.69) is 4.98 Å². The van der Waals surface area contributed by atoms with Gasteiger partial charge < -0.3 is 19.8 Å². The molecule has 1 aromatic heterocycles. The number of rotatable bonds is 6. The molecule has 2 amide bonds. The fourth-order valence-corrected chi connectivity index (χ4v) is 3.25. The molecule has 0 saturated heterocycles. The number of hydrogen-bond donors (Lipinski definition) is 0. The van der Waals surface area contributed by atoms with Crippen LogP contribution in [0.15, 0.2) is 72.8 Å². The highest BCUT2D eigenvalue weighted by molar-refractivity contribution is 6.05. The van der Waals surface area contributed by atoms with Gasteiger partial charge in [0.25, 0.3) is 11.7 Å². The Morgan fingerprint density at radius 3 is 2.42 bits per heavy atom. The lowest BCUT2D eigenvalue weighted by atomic mass is 10.2. The van der Waals surface area contributed by atoms with Crippen molar-refractivity contribution >= 4 is 29.1 Å². The zero-order valence-electron chi connectivity index (χ0n) is 16.4. The predicted octanol–water partition coefficient (Wildman–Crippen LogP) is 2.95. The van der Waals surface area contributed by atoms with Gasteiger partial charge in [-0.1, -0.05) is 48.5 Å². The second kappa shape index (κ2) is 8.62. The van der Waals surface area contributed by atoms with Crippen molar-refractivity contribution in [1.82, 2.24) is 4.98 Å². The molecule has 3 aromatic rings. The summed E-state index contributed by atoms with van der Waals surface area (Å²) in [5.41, 5.74) is 1.59. The van der Waals surface area contributed by atoms with Crippen LogP contribution in [0.25, 0.3) is 0 Å². The summed E-state index contributed by atoms with van der Waals surface area (Å²) in [4.78, 5) is 42.9. The molecule has 2 aromatic carbocycles. The van der Waals surface area contributed by atoms with Crippen molar-refractivity contribution in [2.75, 3.05) is 23.0 Å². The smallest absolute Gasteiger partial charge is 0.366 e. The molecule has 0 spiro atoms. The Kier molecular flexibility index (Phi) is 5.57. The van der Waals surface area contributed by atoms with Gasteiger partial charge >= 0.3 is 5.82 Å². The number of hydrogen-bond acceptors (Lipinski definition) is 6. The van der Waals surface area contributed by atoms with Gasteiger partial charge in [0.2, 0.25) is 5.91 Å². The van der Waals surface area contributed by atoms with Crippen LogP contribution in [0.1, 0.15) is 5.56 Å². The maximum atomic E-state index is 13.3. The predicted molar refractivity (Wildman–Crippen MR) is 113 cm³/mol. The molecule has 4 rings (SSSR count). The minimum Gasteiger partial charge on any atom is -0.477 e. The highest BCUT2D eigenvalue weighted by Crippen LogP contribution is 2.32. The molecule has 0 atom stereocenters. The summed E-state index contributed by atoms with van der Waals surface area (Å²) in [5.74, 6) is -1.11. The van der Waals surface area contributed by atoms with Crippen LogP contribution < -0.4 is 14.5 Å². The van der Waals surface area contributed by atoms with Gasteiger partial charge in [0.05, 0.1) is 6.54 Å². The van der Waals surface area contributed by atoms with Crippen LogP contribution >= 0.6 is 0 Å². The second-order valence-corrected chi connectivity index (χ2v) is 6.82. The molecular formula is C22H18N4O5. The normalized spacial score (nSPS) is 12.6. The van der Waals surface area contributed by atoms with Crippen LogP contribution in [-0.4, -0.2) is 34.9 Å². The van der Waals surface area contributed by atoms with Crippen molar-refractivity contribution in [2.24, 2.45) is 0 Å². The number of pyridine rings is 1. The number of fused-ring (bicyclic) bond motifs is 1. The van der Waals surface area contributed by atoms with Crippen LogP contribution in [-0.2, 0) is 16.1 Å². The lowest BCUT2D eigenvalue weighted by molar-refractivity contribution is -0.389. The molecule has 156 valence electrons. The van der Waals surface area contributed by atoms with Gasteiger partial charge in [0.15, 0.2) is 12.4 Å². The van der Waals surface area contributed by atoms with E-state index in [0.717, 1.165) is 10.5 Å². The first-order chi connectivity index (χ1) is 15.0. The van der Waals surface area contributed by atoms with Crippen molar-refractivity contribution in [3.8, 4) is 5.75 Å². The van der Waals surface area contributed by atoms with E-state index in [9.17, 15) is 19.7 Å². The number of amides is 2. The first-order valence-corrected chi connectivity index (χ1v) is 9.51. The quantitative estimate of drug-likeness (QED) is 0.450. The fourth-order valence-electron chi connectivity index (χ4n) is 3.25. The van der Waals surface area contributed by atoms with Crippen LogP contribution in [0.3, 0.4) is 0 Å². The molecule has 2 heterocycles. The highest BCUT2D eigenvalue weighted by atomic mass is 16.6. The molecule has 9 heteroatoms. The fraction of sp³-hybridized carbons (Fsp3) is 0.136. The number of nitro groups is 1. The van der Waals surface area contributed by atoms with Gasteiger partial charge in [-0.2, -0.15) is 0 Å². The van der Waals surface area contributed by atoms with E-state index in [1.165, 1.54) is 12.1 Å². The van der Waals surface area contributed by atoms with Crippen molar-refractivity contribution in [1.29, 1.82) is 0 Å². The Balaban J connectivity index is 1.65. The van der Waals surface area contributed by atoms with Crippen molar-refractivity contribution in [3.63, 3.8) is 0 Å². The maximum Gasteiger partial charge on any atom is 0.366 e. The van der Waals surface area contributed by atoms with Gasteiger partial charge in [-0.15, -0.1) is 0 Å². The number of para-hydroxylation sites is 1. The Morgan fingerprint density at radius 1 is 1.06 bits per heavy atom. The van der Waals surface area contributed by atoms with Crippen LogP contribution in [0.4, 0.5) is 17.3 Å². The molecule has 9 nitrogen and oxygen atoms in total. The summed E-state index contributed by atoms with van der Waals surface area (Å²) in [6.07, 6.45) is 0. The molecule has 0 radical (unpaired) electrons. The average Bonchev–Trinajstić information content (AvgIpc) is 2.80. The monoisotopic (exact) mass is 418 g/mol. The number of aromatic nitrogens is 1. The number of benzene rings is 2. The molecular weight excluding hydrogens is 400 g/mol. The number of anilines is 2. The minimum atomic E-state index is -0.662. The molecule has 0 unspecified atom stereocenters. The summed E-state index contributed by atoms with van der Waals surface area (Å²) in [6, 6.07) is 21.1. The third kappa shape index (κ3) is 4.35. The average molecular weight is 418 g/mol. The molecule has 0 fully saturated rings. The largest absolute Gasteiger partial charge is 0.477 e. The summed E-state index contributed by atoms with van der Waals surface area (Å²) in [5, 5.41) is 11.1. The molecule has 0 N–H and O–H groups in total. The summed E-state index contributed by atoms with van der Waals surface area (Å²) in [7, 11) is 0. The summed E-state index contributed by atoms with van der Waals surface area (Å²) < 4.78 is 5.32. The molecule has 0 saturated carbocycles. The van der Waals surface area contributed by atoms with E-state index in [1.807, 2.05) is 48.5 Å². The van der Waals surface area contributed by atoms with Crippen LogP contribution in [0.5, 0.6) is 5.75 Å². The van der Waals surface area contributed by atoms with E-state index in [-0.39, 0.29) is 30.6 Å². The minimum absolute atomic E-state index is 0.0356. The van der Waals surface area contributed by atoms with Gasteiger partial charge in [0.1, 0.15) is 6.54 Å². The standard InChI is InChI=1S/C22H18N4O5/c27-20(24(17-9-5-2-6-10-17)13-16-7-3-1-4-8-16)14-25-21(28)15-31-18-11-12-19(26(29)30)23-22(18)25/h1-12H,13-15H2. The van der Waals surface area contributed by atoms with E-state index in [4.69, 9.17) is 4.74 Å². The Bertz CT molecular complexity index is 1120. The second-order valence-electron chi connectivity index (χ2n) is 6.82. The maximum absolute atomic E-state index is 13.3.